The Morgan fingerprint density at radius 1 is 1.10 bits per heavy atom. The van der Waals surface area contributed by atoms with Gasteiger partial charge in [-0.1, -0.05) is 6.07 Å². The van der Waals surface area contributed by atoms with Crippen LogP contribution < -0.4 is 11.1 Å². The first-order chi connectivity index (χ1) is 14.0. The van der Waals surface area contributed by atoms with Crippen LogP contribution >= 0.6 is 0 Å². The Morgan fingerprint density at radius 3 is 2.59 bits per heavy atom. The summed E-state index contributed by atoms with van der Waals surface area (Å²) in [6, 6.07) is 6.09. The molecule has 0 saturated carbocycles. The zero-order valence-electron chi connectivity index (χ0n) is 16.9. The van der Waals surface area contributed by atoms with Crippen LogP contribution in [0.2, 0.25) is 0 Å². The van der Waals surface area contributed by atoms with Gasteiger partial charge in [0.05, 0.1) is 18.2 Å². The van der Waals surface area contributed by atoms with Gasteiger partial charge in [-0.15, -0.1) is 0 Å². The van der Waals surface area contributed by atoms with E-state index in [0.29, 0.717) is 25.7 Å². The number of carbonyl (C=O) groups excluding carboxylic acids is 3. The van der Waals surface area contributed by atoms with E-state index in [9.17, 15) is 14.4 Å². The third kappa shape index (κ3) is 6.25. The van der Waals surface area contributed by atoms with Gasteiger partial charge >= 0.3 is 0 Å². The van der Waals surface area contributed by atoms with Crippen LogP contribution in [0, 0.1) is 5.92 Å². The van der Waals surface area contributed by atoms with Gasteiger partial charge in [0.2, 0.25) is 17.7 Å². The fourth-order valence-electron chi connectivity index (χ4n) is 4.25. The maximum atomic E-state index is 12.6. The molecule has 2 aliphatic rings. The molecule has 158 valence electrons. The molecule has 3 heterocycles. The molecule has 3 amide bonds. The predicted molar refractivity (Wildman–Crippen MR) is 108 cm³/mol. The van der Waals surface area contributed by atoms with Crippen LogP contribution in [0.4, 0.5) is 0 Å². The molecule has 2 saturated heterocycles. The summed E-state index contributed by atoms with van der Waals surface area (Å²) in [6.07, 6.45) is 5.78. The number of likely N-dealkylation sites (tertiary alicyclic amines) is 2. The first-order valence-corrected chi connectivity index (χ1v) is 10.5. The number of pyridine rings is 1. The Bertz CT molecular complexity index is 704. The Hall–Kier alpha value is -2.48. The lowest BCUT2D eigenvalue weighted by atomic mass is 9.93. The number of hydrogen-bond donors (Lipinski definition) is 2. The van der Waals surface area contributed by atoms with Crippen LogP contribution in [0.3, 0.4) is 0 Å². The zero-order chi connectivity index (χ0) is 20.6. The van der Waals surface area contributed by atoms with Crippen molar-refractivity contribution in [2.75, 3.05) is 26.2 Å². The lowest BCUT2D eigenvalue weighted by molar-refractivity contribution is -0.134. The van der Waals surface area contributed by atoms with Crippen molar-refractivity contribution in [3.63, 3.8) is 0 Å². The number of nitrogens with one attached hydrogen (secondary N) is 1. The molecule has 1 atom stereocenters. The van der Waals surface area contributed by atoms with Crippen molar-refractivity contribution in [3.8, 4) is 0 Å². The quantitative estimate of drug-likeness (QED) is 0.698. The highest BCUT2D eigenvalue weighted by Gasteiger charge is 2.32. The Labute approximate surface area is 171 Å². The number of nitrogens with zero attached hydrogens (tertiary/aromatic N) is 3. The summed E-state index contributed by atoms with van der Waals surface area (Å²) in [6.45, 7) is 3.64. The number of piperidine rings is 2. The van der Waals surface area contributed by atoms with E-state index in [1.807, 2.05) is 23.1 Å². The molecule has 3 rings (SSSR count). The highest BCUT2D eigenvalue weighted by molar-refractivity contribution is 5.83. The molecule has 1 aromatic heterocycles. The number of aromatic nitrogens is 1. The molecule has 0 aliphatic carbocycles. The molecule has 8 heteroatoms. The highest BCUT2D eigenvalue weighted by Crippen LogP contribution is 2.24. The molecular weight excluding hydrogens is 370 g/mol. The van der Waals surface area contributed by atoms with Gasteiger partial charge < -0.3 is 16.0 Å². The van der Waals surface area contributed by atoms with Gasteiger partial charge in [-0.3, -0.25) is 24.3 Å². The van der Waals surface area contributed by atoms with E-state index in [2.05, 4.69) is 15.2 Å². The molecule has 0 radical (unpaired) electrons. The van der Waals surface area contributed by atoms with E-state index in [4.69, 9.17) is 5.73 Å². The average Bonchev–Trinajstić information content (AvgIpc) is 2.76. The maximum absolute atomic E-state index is 12.6. The number of rotatable bonds is 7. The topological polar surface area (TPSA) is 109 Å². The van der Waals surface area contributed by atoms with Crippen molar-refractivity contribution < 1.29 is 14.4 Å². The minimum atomic E-state index is -0.436. The number of primary amides is 1. The fraction of sp³-hybridized carbons (Fsp3) is 0.619. The summed E-state index contributed by atoms with van der Waals surface area (Å²) in [4.78, 5) is 44.1. The highest BCUT2D eigenvalue weighted by atomic mass is 16.2. The van der Waals surface area contributed by atoms with Gasteiger partial charge in [0.1, 0.15) is 0 Å². The molecule has 29 heavy (non-hydrogen) atoms. The van der Waals surface area contributed by atoms with E-state index >= 15 is 0 Å². The van der Waals surface area contributed by atoms with Gasteiger partial charge in [-0.05, 0) is 44.4 Å². The van der Waals surface area contributed by atoms with Crippen LogP contribution in [-0.2, 0) is 20.9 Å². The molecule has 0 spiro atoms. The second-order valence-corrected chi connectivity index (χ2v) is 7.95. The molecule has 2 fully saturated rings. The normalized spacial score (nSPS) is 21.0. The summed E-state index contributed by atoms with van der Waals surface area (Å²) in [5.41, 5.74) is 5.99. The standard InChI is InChI=1S/C21H31N5O3/c22-19(27)6-7-20(28)25-12-8-18(9-13-25)26-11-3-4-16(15-26)21(29)24-14-17-5-1-2-10-23-17/h1-2,5,10,16,18H,3-4,6-9,11-15H2,(H2,22,27)(H,24,29)/t16-/m1/s1. The third-order valence-electron chi connectivity index (χ3n) is 5.91. The largest absolute Gasteiger partial charge is 0.370 e. The second-order valence-electron chi connectivity index (χ2n) is 7.95. The smallest absolute Gasteiger partial charge is 0.224 e. The minimum absolute atomic E-state index is 0.00249. The summed E-state index contributed by atoms with van der Waals surface area (Å²) >= 11 is 0. The average molecular weight is 402 g/mol. The first-order valence-electron chi connectivity index (χ1n) is 10.5. The number of hydrogen-bond acceptors (Lipinski definition) is 5. The van der Waals surface area contributed by atoms with Crippen molar-refractivity contribution >= 4 is 17.7 Å². The Morgan fingerprint density at radius 2 is 1.90 bits per heavy atom. The summed E-state index contributed by atoms with van der Waals surface area (Å²) in [5, 5.41) is 3.02. The lowest BCUT2D eigenvalue weighted by Crippen LogP contribution is -2.51. The summed E-state index contributed by atoms with van der Waals surface area (Å²) < 4.78 is 0. The van der Waals surface area contributed by atoms with Gasteiger partial charge in [-0.25, -0.2) is 0 Å². The zero-order valence-corrected chi connectivity index (χ0v) is 16.9. The maximum Gasteiger partial charge on any atom is 0.224 e. The minimum Gasteiger partial charge on any atom is -0.370 e. The number of carbonyl (C=O) groups is 3. The van der Waals surface area contributed by atoms with E-state index in [0.717, 1.165) is 44.5 Å². The van der Waals surface area contributed by atoms with Crippen LogP contribution in [0.5, 0.6) is 0 Å². The Balaban J connectivity index is 1.43. The van der Waals surface area contributed by atoms with E-state index in [-0.39, 0.29) is 30.6 Å². The number of amides is 3. The van der Waals surface area contributed by atoms with E-state index < -0.39 is 5.91 Å². The molecule has 0 aromatic carbocycles. The van der Waals surface area contributed by atoms with Crippen LogP contribution in [0.15, 0.2) is 24.4 Å². The van der Waals surface area contributed by atoms with E-state index in [1.165, 1.54) is 0 Å². The van der Waals surface area contributed by atoms with Crippen molar-refractivity contribution in [1.82, 2.24) is 20.1 Å². The van der Waals surface area contributed by atoms with Crippen LogP contribution in [-0.4, -0.2) is 64.7 Å². The molecular formula is C21H31N5O3. The van der Waals surface area contributed by atoms with Gasteiger partial charge in [-0.2, -0.15) is 0 Å². The summed E-state index contributed by atoms with van der Waals surface area (Å²) in [5.74, 6) is -0.330. The van der Waals surface area contributed by atoms with Crippen molar-refractivity contribution in [1.29, 1.82) is 0 Å². The van der Waals surface area contributed by atoms with Crippen LogP contribution in [0.1, 0.15) is 44.2 Å². The first kappa shape index (κ1) is 21.2. The molecule has 1 aromatic rings. The molecule has 0 unspecified atom stereocenters. The second kappa shape index (κ2) is 10.3. The van der Waals surface area contributed by atoms with Crippen molar-refractivity contribution in [3.05, 3.63) is 30.1 Å². The predicted octanol–water partition coefficient (Wildman–Crippen LogP) is 0.666. The molecule has 0 bridgehead atoms. The fourth-order valence-corrected chi connectivity index (χ4v) is 4.25. The molecule has 3 N–H and O–H groups in total. The summed E-state index contributed by atoms with van der Waals surface area (Å²) in [7, 11) is 0. The molecule has 2 aliphatic heterocycles. The SMILES string of the molecule is NC(=O)CCC(=O)N1CCC(N2CCC[C@@H](C(=O)NCc3ccccn3)C2)CC1. The van der Waals surface area contributed by atoms with Crippen molar-refractivity contribution in [2.24, 2.45) is 11.7 Å². The van der Waals surface area contributed by atoms with Gasteiger partial charge in [0, 0.05) is 44.7 Å². The van der Waals surface area contributed by atoms with E-state index in [1.54, 1.807) is 6.20 Å². The Kier molecular flexibility index (Phi) is 7.57. The number of nitrogens with two attached hydrogens (primary N) is 1. The van der Waals surface area contributed by atoms with Crippen LogP contribution in [0.25, 0.3) is 0 Å². The monoisotopic (exact) mass is 401 g/mol. The lowest BCUT2D eigenvalue weighted by Gasteiger charge is -2.42. The third-order valence-corrected chi connectivity index (χ3v) is 5.91. The molecule has 8 nitrogen and oxygen atoms in total. The van der Waals surface area contributed by atoms with Crippen molar-refractivity contribution in [2.45, 2.75) is 51.1 Å². The van der Waals surface area contributed by atoms with Gasteiger partial charge in [0.15, 0.2) is 0 Å². The van der Waals surface area contributed by atoms with Gasteiger partial charge in [0.25, 0.3) is 0 Å².